The van der Waals surface area contributed by atoms with Crippen molar-refractivity contribution in [2.45, 2.75) is 31.7 Å². The van der Waals surface area contributed by atoms with E-state index in [0.29, 0.717) is 28.1 Å². The highest BCUT2D eigenvalue weighted by atomic mass is 19.1. The predicted molar refractivity (Wildman–Crippen MR) is 89.5 cm³/mol. The van der Waals surface area contributed by atoms with E-state index in [1.165, 1.54) is 18.2 Å². The molecule has 4 nitrogen and oxygen atoms in total. The number of hydrogen-bond donors (Lipinski definition) is 1. The van der Waals surface area contributed by atoms with Crippen molar-refractivity contribution in [3.05, 3.63) is 59.4 Å². The van der Waals surface area contributed by atoms with E-state index >= 15 is 0 Å². The summed E-state index contributed by atoms with van der Waals surface area (Å²) in [6.07, 6.45) is 2.69. The summed E-state index contributed by atoms with van der Waals surface area (Å²) in [5, 5.41) is 3.95. The summed E-state index contributed by atoms with van der Waals surface area (Å²) in [4.78, 5) is 4.33. The Bertz CT molecular complexity index is 948. The van der Waals surface area contributed by atoms with Gasteiger partial charge in [0.2, 0.25) is 0 Å². The zero-order valence-corrected chi connectivity index (χ0v) is 13.7. The number of nitrogens with zero attached hydrogens (tertiary/aromatic N) is 2. The lowest BCUT2D eigenvalue weighted by Crippen LogP contribution is -2.44. The van der Waals surface area contributed by atoms with E-state index in [2.05, 4.69) is 10.1 Å². The molecule has 6 heteroatoms. The van der Waals surface area contributed by atoms with Gasteiger partial charge in [-0.15, -0.1) is 0 Å². The smallest absolute Gasteiger partial charge is 0.258 e. The van der Waals surface area contributed by atoms with Gasteiger partial charge in [-0.3, -0.25) is 0 Å². The first-order valence-corrected chi connectivity index (χ1v) is 8.16. The SMILES string of the molecule is Cc1cc(F)ccc1-c1ccc(-c2nc(C3(N)CCC3)no2)cc1F. The zero-order chi connectivity index (χ0) is 17.6. The molecular weight excluding hydrogens is 324 g/mol. The van der Waals surface area contributed by atoms with Gasteiger partial charge in [0.15, 0.2) is 5.82 Å². The summed E-state index contributed by atoms with van der Waals surface area (Å²) < 4.78 is 33.1. The maximum atomic E-state index is 14.6. The van der Waals surface area contributed by atoms with Crippen LogP contribution in [-0.2, 0) is 5.54 Å². The average Bonchev–Trinajstić information content (AvgIpc) is 3.03. The van der Waals surface area contributed by atoms with Crippen molar-refractivity contribution in [3.8, 4) is 22.6 Å². The fraction of sp³-hybridized carbons (Fsp3) is 0.263. The van der Waals surface area contributed by atoms with Crippen molar-refractivity contribution in [3.63, 3.8) is 0 Å². The Morgan fingerprint density at radius 1 is 1.08 bits per heavy atom. The summed E-state index contributed by atoms with van der Waals surface area (Å²) in [7, 11) is 0. The van der Waals surface area contributed by atoms with Gasteiger partial charge >= 0.3 is 0 Å². The van der Waals surface area contributed by atoms with E-state index in [-0.39, 0.29) is 11.7 Å². The van der Waals surface area contributed by atoms with Crippen LogP contribution >= 0.6 is 0 Å². The topological polar surface area (TPSA) is 64.9 Å². The molecule has 4 rings (SSSR count). The van der Waals surface area contributed by atoms with Gasteiger partial charge in [-0.25, -0.2) is 8.78 Å². The minimum atomic E-state index is -0.522. The van der Waals surface area contributed by atoms with Gasteiger partial charge in [0, 0.05) is 11.1 Å². The largest absolute Gasteiger partial charge is 0.334 e. The molecule has 0 unspecified atom stereocenters. The van der Waals surface area contributed by atoms with Gasteiger partial charge in [0.1, 0.15) is 11.6 Å². The second-order valence-corrected chi connectivity index (χ2v) is 6.59. The average molecular weight is 341 g/mol. The van der Waals surface area contributed by atoms with Crippen LogP contribution in [0.25, 0.3) is 22.6 Å². The van der Waals surface area contributed by atoms with E-state index in [1.54, 1.807) is 25.1 Å². The molecule has 0 spiro atoms. The normalized spacial score (nSPS) is 15.8. The number of benzene rings is 2. The summed E-state index contributed by atoms with van der Waals surface area (Å²) in [5.74, 6) is -0.0675. The molecule has 0 amide bonds. The van der Waals surface area contributed by atoms with Gasteiger partial charge in [-0.1, -0.05) is 17.3 Å². The molecule has 2 aromatic carbocycles. The third-order valence-electron chi connectivity index (χ3n) is 4.81. The molecule has 1 aliphatic carbocycles. The summed E-state index contributed by atoms with van der Waals surface area (Å²) >= 11 is 0. The third-order valence-corrected chi connectivity index (χ3v) is 4.81. The molecule has 2 N–H and O–H groups in total. The maximum Gasteiger partial charge on any atom is 0.258 e. The molecule has 1 aromatic heterocycles. The molecule has 0 bridgehead atoms. The van der Waals surface area contributed by atoms with Gasteiger partial charge in [-0.05, 0) is 61.6 Å². The van der Waals surface area contributed by atoms with Crippen molar-refractivity contribution in [2.24, 2.45) is 5.73 Å². The highest BCUT2D eigenvalue weighted by Gasteiger charge is 2.39. The molecule has 25 heavy (non-hydrogen) atoms. The molecule has 0 atom stereocenters. The second-order valence-electron chi connectivity index (χ2n) is 6.59. The van der Waals surface area contributed by atoms with E-state index in [9.17, 15) is 8.78 Å². The first-order chi connectivity index (χ1) is 12.0. The Balaban J connectivity index is 1.68. The van der Waals surface area contributed by atoms with E-state index < -0.39 is 11.4 Å². The standard InChI is InChI=1S/C19H17F2N3O/c1-11-9-13(20)4-6-14(11)15-5-3-12(10-16(15)21)17-23-18(24-25-17)19(22)7-2-8-19/h3-6,9-10H,2,7-8,22H2,1H3. The van der Waals surface area contributed by atoms with E-state index in [0.717, 1.165) is 19.3 Å². The molecule has 1 heterocycles. The number of nitrogens with two attached hydrogens (primary N) is 1. The van der Waals surface area contributed by atoms with Crippen LogP contribution < -0.4 is 5.73 Å². The second kappa shape index (κ2) is 5.74. The summed E-state index contributed by atoms with van der Waals surface area (Å²) in [5.41, 5.74) is 7.86. The first kappa shape index (κ1) is 15.9. The quantitative estimate of drug-likeness (QED) is 0.770. The maximum absolute atomic E-state index is 14.6. The van der Waals surface area contributed by atoms with Gasteiger partial charge in [0.05, 0.1) is 5.54 Å². The van der Waals surface area contributed by atoms with Crippen molar-refractivity contribution >= 4 is 0 Å². The third kappa shape index (κ3) is 2.72. The Hall–Kier alpha value is -2.60. The van der Waals surface area contributed by atoms with E-state index in [4.69, 9.17) is 10.3 Å². The zero-order valence-electron chi connectivity index (χ0n) is 13.7. The minimum absolute atomic E-state index is 0.244. The lowest BCUT2D eigenvalue weighted by molar-refractivity contribution is 0.229. The van der Waals surface area contributed by atoms with Crippen LogP contribution in [0.3, 0.4) is 0 Å². The summed E-state index contributed by atoms with van der Waals surface area (Å²) in [6.45, 7) is 1.75. The minimum Gasteiger partial charge on any atom is -0.334 e. The monoisotopic (exact) mass is 341 g/mol. The fourth-order valence-corrected chi connectivity index (χ4v) is 3.12. The number of aryl methyl sites for hydroxylation is 1. The molecule has 1 saturated carbocycles. The predicted octanol–water partition coefficient (Wildman–Crippen LogP) is 4.33. The van der Waals surface area contributed by atoms with Crippen LogP contribution in [0.15, 0.2) is 40.9 Å². The van der Waals surface area contributed by atoms with Crippen LogP contribution in [0, 0.1) is 18.6 Å². The molecule has 3 aromatic rings. The highest BCUT2D eigenvalue weighted by molar-refractivity contribution is 5.70. The molecule has 0 aliphatic heterocycles. The summed E-state index contributed by atoms with van der Waals surface area (Å²) in [6, 6.07) is 8.96. The number of halogens is 2. The van der Waals surface area contributed by atoms with Crippen LogP contribution in [0.4, 0.5) is 8.78 Å². The van der Waals surface area contributed by atoms with Crippen LogP contribution in [0.1, 0.15) is 30.7 Å². The Labute approximate surface area is 143 Å². The number of rotatable bonds is 3. The van der Waals surface area contributed by atoms with Gasteiger partial charge in [0.25, 0.3) is 5.89 Å². The van der Waals surface area contributed by atoms with Crippen molar-refractivity contribution < 1.29 is 13.3 Å². The molecule has 128 valence electrons. The van der Waals surface area contributed by atoms with E-state index in [1.807, 2.05) is 0 Å². The molecule has 1 aliphatic rings. The first-order valence-electron chi connectivity index (χ1n) is 8.16. The number of hydrogen-bond acceptors (Lipinski definition) is 4. The van der Waals surface area contributed by atoms with Crippen molar-refractivity contribution in [1.29, 1.82) is 0 Å². The van der Waals surface area contributed by atoms with Gasteiger partial charge in [-0.2, -0.15) is 4.98 Å². The highest BCUT2D eigenvalue weighted by Crippen LogP contribution is 2.38. The molecular formula is C19H17F2N3O. The fourth-order valence-electron chi connectivity index (χ4n) is 3.12. The van der Waals surface area contributed by atoms with Crippen LogP contribution in [0.2, 0.25) is 0 Å². The lowest BCUT2D eigenvalue weighted by Gasteiger charge is -2.34. The Morgan fingerprint density at radius 3 is 2.48 bits per heavy atom. The lowest BCUT2D eigenvalue weighted by atomic mass is 9.77. The Morgan fingerprint density at radius 2 is 1.84 bits per heavy atom. The van der Waals surface area contributed by atoms with Crippen molar-refractivity contribution in [2.75, 3.05) is 0 Å². The van der Waals surface area contributed by atoms with Crippen molar-refractivity contribution in [1.82, 2.24) is 10.1 Å². The molecule has 0 radical (unpaired) electrons. The van der Waals surface area contributed by atoms with Crippen LogP contribution in [0.5, 0.6) is 0 Å². The van der Waals surface area contributed by atoms with Gasteiger partial charge < -0.3 is 10.3 Å². The molecule has 1 fully saturated rings. The molecule has 0 saturated heterocycles. The number of aromatic nitrogens is 2. The Kier molecular flexibility index (Phi) is 3.65. The van der Waals surface area contributed by atoms with Crippen LogP contribution in [-0.4, -0.2) is 10.1 Å².